The number of amides is 1. The monoisotopic (exact) mass is 280 g/mol. The summed E-state index contributed by atoms with van der Waals surface area (Å²) in [5, 5.41) is 3.65. The predicted octanol–water partition coefficient (Wildman–Crippen LogP) is 1.77. The Kier molecular flexibility index (Phi) is 5.04. The molecule has 1 fully saturated rings. The number of rotatable bonds is 5. The average molecular weight is 280 g/mol. The number of anilines is 1. The maximum Gasteiger partial charge on any atom is 0.253 e. The lowest BCUT2D eigenvalue weighted by Gasteiger charge is -2.20. The lowest BCUT2D eigenvalue weighted by molar-refractivity contribution is 0.0939. The molecular weight excluding hydrogens is 260 g/mol. The molecule has 2 unspecified atom stereocenters. The minimum absolute atomic E-state index is 0.0797. The molecule has 0 bridgehead atoms. The van der Waals surface area contributed by atoms with Gasteiger partial charge in [-0.2, -0.15) is 11.8 Å². The van der Waals surface area contributed by atoms with E-state index in [1.54, 1.807) is 18.5 Å². The third-order valence-corrected chi connectivity index (χ3v) is 4.70. The molecule has 104 valence electrons. The van der Waals surface area contributed by atoms with Crippen LogP contribution >= 0.6 is 11.8 Å². The fourth-order valence-electron chi connectivity index (χ4n) is 2.46. The highest BCUT2D eigenvalue weighted by Gasteiger charge is 2.29. The molecule has 1 aliphatic rings. The van der Waals surface area contributed by atoms with E-state index in [2.05, 4.69) is 22.7 Å². The smallest absolute Gasteiger partial charge is 0.253 e. The van der Waals surface area contributed by atoms with Crippen LogP contribution in [0.2, 0.25) is 0 Å². The molecule has 0 aromatic carbocycles. The van der Waals surface area contributed by atoms with Gasteiger partial charge in [0.25, 0.3) is 5.91 Å². The zero-order valence-corrected chi connectivity index (χ0v) is 11.9. The second kappa shape index (κ2) is 6.77. The highest BCUT2D eigenvalue weighted by atomic mass is 32.2. The van der Waals surface area contributed by atoms with Crippen LogP contribution in [0.1, 0.15) is 36.5 Å². The van der Waals surface area contributed by atoms with Gasteiger partial charge in [0.15, 0.2) is 0 Å². The zero-order valence-electron chi connectivity index (χ0n) is 11.1. The van der Waals surface area contributed by atoms with E-state index >= 15 is 0 Å². The quantitative estimate of drug-likeness (QED) is 0.566. The van der Waals surface area contributed by atoms with E-state index in [-0.39, 0.29) is 11.9 Å². The number of hydrazine groups is 1. The Morgan fingerprint density at radius 2 is 2.42 bits per heavy atom. The molecule has 0 saturated heterocycles. The number of nitrogens with zero attached hydrogens (tertiary/aromatic N) is 1. The average Bonchev–Trinajstić information content (AvgIpc) is 2.86. The third kappa shape index (κ3) is 3.39. The number of hydrogen-bond acceptors (Lipinski definition) is 5. The summed E-state index contributed by atoms with van der Waals surface area (Å²) < 4.78 is 0. The Hall–Kier alpha value is -1.27. The fraction of sp³-hybridized carbons (Fsp3) is 0.538. The highest BCUT2D eigenvalue weighted by molar-refractivity contribution is 7.99. The predicted molar refractivity (Wildman–Crippen MR) is 79.1 cm³/mol. The van der Waals surface area contributed by atoms with Crippen molar-refractivity contribution in [2.45, 2.75) is 37.5 Å². The Labute approximate surface area is 117 Å². The summed E-state index contributed by atoms with van der Waals surface area (Å²) in [7, 11) is 0. The van der Waals surface area contributed by atoms with Crippen molar-refractivity contribution in [1.29, 1.82) is 0 Å². The molecule has 5 nitrogen and oxygen atoms in total. The van der Waals surface area contributed by atoms with Crippen molar-refractivity contribution in [1.82, 2.24) is 10.3 Å². The highest BCUT2D eigenvalue weighted by Crippen LogP contribution is 2.30. The van der Waals surface area contributed by atoms with Crippen LogP contribution in [0.25, 0.3) is 0 Å². The molecule has 1 aliphatic carbocycles. The van der Waals surface area contributed by atoms with Gasteiger partial charge in [-0.25, -0.2) is 0 Å². The molecule has 4 N–H and O–H groups in total. The number of pyridine rings is 1. The van der Waals surface area contributed by atoms with E-state index in [1.807, 2.05) is 11.8 Å². The van der Waals surface area contributed by atoms with Crippen molar-refractivity contribution in [3.8, 4) is 0 Å². The summed E-state index contributed by atoms with van der Waals surface area (Å²) in [6.07, 6.45) is 6.58. The number of nitrogen functional groups attached to an aromatic ring is 1. The minimum Gasteiger partial charge on any atom is -0.348 e. The molecule has 1 aromatic heterocycles. The van der Waals surface area contributed by atoms with Crippen LogP contribution in [0.15, 0.2) is 18.5 Å². The van der Waals surface area contributed by atoms with Gasteiger partial charge in [-0.15, -0.1) is 0 Å². The van der Waals surface area contributed by atoms with Gasteiger partial charge in [-0.3, -0.25) is 15.6 Å². The lowest BCUT2D eigenvalue weighted by Crippen LogP contribution is -2.39. The summed E-state index contributed by atoms with van der Waals surface area (Å²) in [5.74, 6) is 6.40. The molecule has 0 spiro atoms. The van der Waals surface area contributed by atoms with Gasteiger partial charge in [0.05, 0.1) is 17.4 Å². The van der Waals surface area contributed by atoms with Gasteiger partial charge >= 0.3 is 0 Å². The first kappa shape index (κ1) is 14.1. The third-order valence-electron chi connectivity index (χ3n) is 3.37. The number of nitrogens with one attached hydrogen (secondary N) is 2. The van der Waals surface area contributed by atoms with Crippen LogP contribution in [-0.2, 0) is 0 Å². The van der Waals surface area contributed by atoms with Crippen molar-refractivity contribution in [3.05, 3.63) is 24.0 Å². The first-order chi connectivity index (χ1) is 9.26. The van der Waals surface area contributed by atoms with Crippen LogP contribution in [0, 0.1) is 0 Å². The van der Waals surface area contributed by atoms with E-state index in [4.69, 9.17) is 5.84 Å². The van der Waals surface area contributed by atoms with Gasteiger partial charge in [0.2, 0.25) is 0 Å². The largest absolute Gasteiger partial charge is 0.348 e. The van der Waals surface area contributed by atoms with E-state index in [1.165, 1.54) is 12.8 Å². The van der Waals surface area contributed by atoms with Crippen molar-refractivity contribution in [3.63, 3.8) is 0 Å². The summed E-state index contributed by atoms with van der Waals surface area (Å²) in [5.41, 5.74) is 3.61. The van der Waals surface area contributed by atoms with E-state index < -0.39 is 0 Å². The maximum atomic E-state index is 12.3. The van der Waals surface area contributed by atoms with Gasteiger partial charge in [-0.05, 0) is 24.7 Å². The number of thioether (sulfide) groups is 1. The first-order valence-electron chi connectivity index (χ1n) is 6.59. The summed E-state index contributed by atoms with van der Waals surface area (Å²) >= 11 is 1.93. The number of nitrogens with two attached hydrogens (primary N) is 1. The van der Waals surface area contributed by atoms with Gasteiger partial charge in [-0.1, -0.05) is 13.3 Å². The number of aromatic nitrogens is 1. The van der Waals surface area contributed by atoms with Crippen molar-refractivity contribution in [2.75, 3.05) is 11.2 Å². The minimum atomic E-state index is -0.0797. The Bertz CT molecular complexity index is 440. The van der Waals surface area contributed by atoms with Crippen LogP contribution in [-0.4, -0.2) is 27.9 Å². The summed E-state index contributed by atoms with van der Waals surface area (Å²) in [4.78, 5) is 16.2. The zero-order chi connectivity index (χ0) is 13.7. The second-order valence-corrected chi connectivity index (χ2v) is 6.09. The molecule has 0 radical (unpaired) electrons. The first-order valence-corrected chi connectivity index (χ1v) is 7.64. The molecule has 2 atom stereocenters. The molecule has 19 heavy (non-hydrogen) atoms. The molecule has 1 aromatic rings. The Balaban J connectivity index is 2.04. The molecular formula is C13H20N4OS. The number of carbonyl (C=O) groups is 1. The Morgan fingerprint density at radius 1 is 1.58 bits per heavy atom. The lowest BCUT2D eigenvalue weighted by atomic mass is 10.2. The fourth-order valence-corrected chi connectivity index (χ4v) is 3.66. The molecule has 1 heterocycles. The van der Waals surface area contributed by atoms with Crippen LogP contribution in [0.5, 0.6) is 0 Å². The molecule has 1 saturated carbocycles. The van der Waals surface area contributed by atoms with E-state index in [0.29, 0.717) is 16.5 Å². The van der Waals surface area contributed by atoms with Crippen molar-refractivity contribution in [2.24, 2.45) is 5.84 Å². The molecule has 2 rings (SSSR count). The molecule has 1 amide bonds. The maximum absolute atomic E-state index is 12.3. The molecule has 6 heteroatoms. The second-order valence-electron chi connectivity index (χ2n) is 4.57. The topological polar surface area (TPSA) is 80.0 Å². The van der Waals surface area contributed by atoms with Crippen LogP contribution in [0.4, 0.5) is 5.69 Å². The van der Waals surface area contributed by atoms with Crippen molar-refractivity contribution < 1.29 is 4.79 Å². The summed E-state index contributed by atoms with van der Waals surface area (Å²) in [6.45, 7) is 2.15. The number of carbonyl (C=O) groups excluding carboxylic acids is 1. The van der Waals surface area contributed by atoms with Crippen LogP contribution < -0.4 is 16.6 Å². The van der Waals surface area contributed by atoms with Crippen molar-refractivity contribution >= 4 is 23.4 Å². The number of hydrogen-bond donors (Lipinski definition) is 3. The van der Waals surface area contributed by atoms with E-state index in [9.17, 15) is 4.79 Å². The van der Waals surface area contributed by atoms with Gasteiger partial charge < -0.3 is 10.7 Å². The van der Waals surface area contributed by atoms with Crippen LogP contribution in [0.3, 0.4) is 0 Å². The van der Waals surface area contributed by atoms with Gasteiger partial charge in [0.1, 0.15) is 0 Å². The normalized spacial score (nSPS) is 22.2. The Morgan fingerprint density at radius 3 is 3.16 bits per heavy atom. The van der Waals surface area contributed by atoms with E-state index in [0.717, 1.165) is 12.2 Å². The SMILES string of the molecule is CCSC1CCCC1NC(=O)c1ccncc1NN. The standard InChI is InChI=1S/C13H20N4OS/c1-2-19-12-5-3-4-10(12)16-13(18)9-6-7-15-8-11(9)17-14/h6-8,10,12,17H,2-5,14H2,1H3,(H,16,18). The summed E-state index contributed by atoms with van der Waals surface area (Å²) in [6, 6.07) is 1.94. The molecule has 0 aliphatic heterocycles. The van der Waals surface area contributed by atoms with Gasteiger partial charge in [0, 0.05) is 17.5 Å².